The minimum atomic E-state index is -0.953. The minimum Gasteiger partial charge on any atom is -0.508 e. The minimum absolute atomic E-state index is 0.0629. The van der Waals surface area contributed by atoms with Gasteiger partial charge in [0.15, 0.2) is 5.82 Å². The molecule has 2 saturated heterocycles. The highest BCUT2D eigenvalue weighted by atomic mass is 19.1. The van der Waals surface area contributed by atoms with Crippen LogP contribution in [-0.4, -0.2) is 78.6 Å². The Balaban J connectivity index is 1.29. The first-order chi connectivity index (χ1) is 22.7. The van der Waals surface area contributed by atoms with Crippen LogP contribution >= 0.6 is 0 Å². The number of aromatic nitrogens is 5. The number of phenolic OH excluding ortho intramolecular Hbond substituents is 1. The third-order valence-corrected chi connectivity index (χ3v) is 9.27. The molecule has 5 aromatic rings. The molecule has 7 rings (SSSR count). The first-order valence-corrected chi connectivity index (χ1v) is 15.8. The number of hydrogen-bond donors (Lipinski definition) is 2. The number of alkyl halides is 1. The summed E-state index contributed by atoms with van der Waals surface area (Å²) in [6.07, 6.45) is 4.46. The van der Waals surface area contributed by atoms with Gasteiger partial charge in [0.05, 0.1) is 16.6 Å². The van der Waals surface area contributed by atoms with Gasteiger partial charge in [-0.05, 0) is 73.3 Å². The van der Waals surface area contributed by atoms with Crippen molar-refractivity contribution in [2.24, 2.45) is 0 Å². The number of pyridine rings is 1. The van der Waals surface area contributed by atoms with Crippen LogP contribution in [0, 0.1) is 18.6 Å². The van der Waals surface area contributed by atoms with Crippen molar-refractivity contribution in [2.75, 3.05) is 31.6 Å². The van der Waals surface area contributed by atoms with E-state index in [-0.39, 0.29) is 65.2 Å². The van der Waals surface area contributed by atoms with Crippen molar-refractivity contribution < 1.29 is 27.8 Å². The highest BCUT2D eigenvalue weighted by Crippen LogP contribution is 2.41. The Hall–Kier alpha value is -4.78. The summed E-state index contributed by atoms with van der Waals surface area (Å²) < 4.78 is 53.4. The largest absolute Gasteiger partial charge is 0.508 e. The molecule has 0 bridgehead atoms. The third kappa shape index (κ3) is 5.62. The van der Waals surface area contributed by atoms with Crippen LogP contribution in [0.3, 0.4) is 0 Å². The number of carbonyl (C=O) groups excluding carboxylic acids is 1. The molecule has 2 fully saturated rings. The highest BCUT2D eigenvalue weighted by molar-refractivity contribution is 6.01. The van der Waals surface area contributed by atoms with E-state index in [0.29, 0.717) is 41.4 Å². The second-order valence-corrected chi connectivity index (χ2v) is 12.3. The lowest BCUT2D eigenvalue weighted by Crippen LogP contribution is -2.43. The maximum absolute atomic E-state index is 16.7. The van der Waals surface area contributed by atoms with Crippen LogP contribution in [0.5, 0.6) is 11.8 Å². The van der Waals surface area contributed by atoms with E-state index in [9.17, 15) is 18.7 Å². The molecule has 0 saturated carbocycles. The van der Waals surface area contributed by atoms with E-state index in [1.54, 1.807) is 26.1 Å². The van der Waals surface area contributed by atoms with Crippen molar-refractivity contribution in [1.29, 1.82) is 0 Å². The second kappa shape index (κ2) is 12.1. The molecule has 244 valence electrons. The van der Waals surface area contributed by atoms with Gasteiger partial charge in [-0.2, -0.15) is 15.1 Å². The number of aryl methyl sites for hydroxylation is 2. The highest BCUT2D eigenvalue weighted by Gasteiger charge is 2.49. The number of carbonyl (C=O) groups is 1. The van der Waals surface area contributed by atoms with Crippen LogP contribution in [0.15, 0.2) is 42.7 Å². The van der Waals surface area contributed by atoms with Crippen molar-refractivity contribution in [3.05, 3.63) is 65.6 Å². The van der Waals surface area contributed by atoms with E-state index >= 15 is 4.39 Å². The summed E-state index contributed by atoms with van der Waals surface area (Å²) in [5, 5.41) is 19.0. The van der Waals surface area contributed by atoms with Gasteiger partial charge < -0.3 is 15.2 Å². The predicted molar refractivity (Wildman–Crippen MR) is 170 cm³/mol. The van der Waals surface area contributed by atoms with E-state index in [1.165, 1.54) is 35.1 Å². The lowest BCUT2D eigenvalue weighted by Gasteiger charge is -2.30. The van der Waals surface area contributed by atoms with Crippen LogP contribution in [0.2, 0.25) is 0 Å². The lowest BCUT2D eigenvalue weighted by molar-refractivity contribution is 0.0891. The Bertz CT molecular complexity index is 2020. The van der Waals surface area contributed by atoms with Crippen molar-refractivity contribution in [2.45, 2.75) is 57.7 Å². The fourth-order valence-electron chi connectivity index (χ4n) is 7.06. The predicted octanol–water partition coefficient (Wildman–Crippen LogP) is 5.99. The molecule has 0 unspecified atom stereocenters. The van der Waals surface area contributed by atoms with Gasteiger partial charge in [-0.3, -0.25) is 14.7 Å². The van der Waals surface area contributed by atoms with Gasteiger partial charge in [0, 0.05) is 43.9 Å². The molecule has 10 nitrogen and oxygen atoms in total. The monoisotopic (exact) mass is 645 g/mol. The third-order valence-electron chi connectivity index (χ3n) is 9.27. The van der Waals surface area contributed by atoms with Gasteiger partial charge in [-0.15, -0.1) is 0 Å². The zero-order valence-corrected chi connectivity index (χ0v) is 26.1. The van der Waals surface area contributed by atoms with E-state index in [4.69, 9.17) is 4.74 Å². The Kier molecular flexibility index (Phi) is 7.95. The Morgan fingerprint density at radius 2 is 2.06 bits per heavy atom. The summed E-state index contributed by atoms with van der Waals surface area (Å²) in [5.41, 5.74) is 0.568. The summed E-state index contributed by atoms with van der Waals surface area (Å²) in [7, 11) is 0. The number of anilines is 1. The van der Waals surface area contributed by atoms with Crippen LogP contribution in [0.25, 0.3) is 32.9 Å². The van der Waals surface area contributed by atoms with E-state index in [0.717, 1.165) is 19.4 Å². The second-order valence-electron chi connectivity index (χ2n) is 12.3. The van der Waals surface area contributed by atoms with Crippen LogP contribution in [0.1, 0.15) is 48.7 Å². The first-order valence-electron chi connectivity index (χ1n) is 15.8. The molecule has 2 N–H and O–H groups in total. The standard InChI is InChI=1S/C34H34F3N7O3/c1-3-23-26(36)6-5-20-13-22(45)14-24(28(20)23)30-29(37)31-25(16-39-30)32(38-10-7-27(46)44-12-8-19(2)42-44)41-33(40-31)47-18-34-9-4-11-43(34)17-21(35)15-34/h5-6,8,12-14,16,21,45H,3-4,7,9-11,15,17-18H2,1-2H3,(H,38,40,41)/t21-,34+/m1/s1. The molecule has 2 atom stereocenters. The Morgan fingerprint density at radius 1 is 1.21 bits per heavy atom. The number of ether oxygens (including phenoxy) is 1. The Morgan fingerprint density at radius 3 is 2.85 bits per heavy atom. The van der Waals surface area contributed by atoms with Gasteiger partial charge in [0.2, 0.25) is 5.91 Å². The molecule has 0 radical (unpaired) electrons. The van der Waals surface area contributed by atoms with Crippen LogP contribution < -0.4 is 10.1 Å². The van der Waals surface area contributed by atoms with Gasteiger partial charge in [0.25, 0.3) is 0 Å². The summed E-state index contributed by atoms with van der Waals surface area (Å²) >= 11 is 0. The van der Waals surface area contributed by atoms with E-state index in [2.05, 4.69) is 30.3 Å². The molecule has 0 amide bonds. The normalized spacial score (nSPS) is 19.5. The topological polar surface area (TPSA) is 118 Å². The molecule has 3 aromatic heterocycles. The summed E-state index contributed by atoms with van der Waals surface area (Å²) in [6.45, 7) is 4.98. The number of rotatable bonds is 9. The zero-order valence-electron chi connectivity index (χ0n) is 26.1. The molecule has 0 aliphatic carbocycles. The average Bonchev–Trinajstić information content (AvgIpc) is 3.74. The fraction of sp³-hybridized carbons (Fsp3) is 0.382. The van der Waals surface area contributed by atoms with Gasteiger partial charge in [-0.25, -0.2) is 17.9 Å². The number of fused-ring (bicyclic) bond motifs is 3. The SMILES string of the molecule is CCc1c(F)ccc2cc(O)cc(-c3ncc4c(NCCC(=O)n5ccc(C)n5)nc(OC[C@@]56CCCN5C[C@H](F)C6)nc4c3F)c12. The molecule has 2 aromatic carbocycles. The van der Waals surface area contributed by atoms with Crippen LogP contribution in [0.4, 0.5) is 19.0 Å². The maximum atomic E-state index is 16.7. The average molecular weight is 646 g/mol. The summed E-state index contributed by atoms with van der Waals surface area (Å²) in [4.78, 5) is 28.2. The number of phenols is 1. The summed E-state index contributed by atoms with van der Waals surface area (Å²) in [6, 6.07) is 7.32. The van der Waals surface area contributed by atoms with E-state index in [1.807, 2.05) is 0 Å². The fourth-order valence-corrected chi connectivity index (χ4v) is 7.06. The number of benzene rings is 2. The Labute approximate surface area is 268 Å². The molecular formula is C34H34F3N7O3. The molecule has 47 heavy (non-hydrogen) atoms. The quantitative estimate of drug-likeness (QED) is 0.199. The maximum Gasteiger partial charge on any atom is 0.319 e. The van der Waals surface area contributed by atoms with Crippen molar-refractivity contribution in [1.82, 2.24) is 29.6 Å². The molecular weight excluding hydrogens is 611 g/mol. The molecule has 13 heteroatoms. The molecule has 2 aliphatic heterocycles. The summed E-state index contributed by atoms with van der Waals surface area (Å²) in [5.74, 6) is -1.44. The van der Waals surface area contributed by atoms with Gasteiger partial charge in [0.1, 0.15) is 41.4 Å². The number of nitrogens with one attached hydrogen (secondary N) is 1. The number of hydrogen-bond acceptors (Lipinski definition) is 9. The zero-order chi connectivity index (χ0) is 32.9. The van der Waals surface area contributed by atoms with Crippen molar-refractivity contribution >= 4 is 33.4 Å². The van der Waals surface area contributed by atoms with Gasteiger partial charge in [-0.1, -0.05) is 13.0 Å². The van der Waals surface area contributed by atoms with Gasteiger partial charge >= 0.3 is 6.01 Å². The van der Waals surface area contributed by atoms with Crippen molar-refractivity contribution in [3.63, 3.8) is 0 Å². The lowest BCUT2D eigenvalue weighted by atomic mass is 9.94. The first kappa shape index (κ1) is 30.9. The molecule has 5 heterocycles. The number of aromatic hydroxyl groups is 1. The van der Waals surface area contributed by atoms with Crippen LogP contribution in [-0.2, 0) is 6.42 Å². The smallest absolute Gasteiger partial charge is 0.319 e. The molecule has 0 spiro atoms. The number of halogens is 3. The number of nitrogens with zero attached hydrogens (tertiary/aromatic N) is 6. The van der Waals surface area contributed by atoms with E-state index < -0.39 is 23.3 Å². The molecule has 2 aliphatic rings. The van der Waals surface area contributed by atoms with Crippen molar-refractivity contribution in [3.8, 4) is 23.0 Å².